The van der Waals surface area contributed by atoms with Crippen molar-refractivity contribution in [3.8, 4) is 11.1 Å². The molecule has 1 aromatic carbocycles. The Bertz CT molecular complexity index is 1130. The van der Waals surface area contributed by atoms with E-state index in [4.69, 9.17) is 0 Å². The molecule has 2 aromatic heterocycles. The highest BCUT2D eigenvalue weighted by atomic mass is 32.2. The van der Waals surface area contributed by atoms with Crippen LogP contribution in [0.25, 0.3) is 11.1 Å². The van der Waals surface area contributed by atoms with Gasteiger partial charge in [-0.3, -0.25) is 14.5 Å². The predicted molar refractivity (Wildman–Crippen MR) is 109 cm³/mol. The van der Waals surface area contributed by atoms with Gasteiger partial charge in [-0.1, -0.05) is 12.1 Å². The molecule has 3 aromatic rings. The van der Waals surface area contributed by atoms with Gasteiger partial charge in [0, 0.05) is 41.8 Å². The van der Waals surface area contributed by atoms with Crippen LogP contribution in [0.1, 0.15) is 28.9 Å². The number of aromatic nitrogens is 3. The van der Waals surface area contributed by atoms with Crippen molar-refractivity contribution in [1.29, 1.82) is 0 Å². The Balaban J connectivity index is 1.74. The minimum absolute atomic E-state index is 0.0157. The first-order chi connectivity index (χ1) is 14.0. The lowest BCUT2D eigenvalue weighted by Gasteiger charge is -2.12. The molecule has 4 rings (SSSR count). The number of sulfonamides is 1. The molecular formula is C20H21N5O3S. The second-order valence-corrected chi connectivity index (χ2v) is 8.70. The van der Waals surface area contributed by atoms with Gasteiger partial charge in [-0.2, -0.15) is 5.10 Å². The topological polar surface area (TPSA) is 106 Å². The fraction of sp³-hybridized carbons (Fsp3) is 0.250. The molecule has 0 radical (unpaired) electrons. The Morgan fingerprint density at radius 2 is 2.03 bits per heavy atom. The molecule has 0 saturated carbocycles. The van der Waals surface area contributed by atoms with Crippen molar-refractivity contribution >= 4 is 21.7 Å². The molecule has 8 nitrogen and oxygen atoms in total. The predicted octanol–water partition coefficient (Wildman–Crippen LogP) is 2.44. The molecule has 0 fully saturated rings. The Morgan fingerprint density at radius 3 is 2.76 bits per heavy atom. The van der Waals surface area contributed by atoms with E-state index < -0.39 is 15.9 Å². The molecule has 0 saturated heterocycles. The van der Waals surface area contributed by atoms with E-state index >= 15 is 0 Å². The summed E-state index contributed by atoms with van der Waals surface area (Å²) < 4.78 is 28.7. The van der Waals surface area contributed by atoms with Crippen LogP contribution < -0.4 is 10.0 Å². The lowest BCUT2D eigenvalue weighted by atomic mass is 10.0. The first-order valence-corrected chi connectivity index (χ1v) is 10.8. The maximum Gasteiger partial charge on any atom is 0.257 e. The number of amides is 1. The molecule has 2 N–H and O–H groups in total. The molecule has 1 amide bonds. The molecule has 0 atom stereocenters. The van der Waals surface area contributed by atoms with Gasteiger partial charge in [0.2, 0.25) is 10.0 Å². The zero-order valence-electron chi connectivity index (χ0n) is 15.9. The zero-order valence-corrected chi connectivity index (χ0v) is 16.7. The Labute approximate surface area is 169 Å². The zero-order chi connectivity index (χ0) is 20.4. The maximum absolute atomic E-state index is 13.1. The molecule has 9 heteroatoms. The largest absolute Gasteiger partial charge is 0.305 e. The average molecular weight is 411 g/mol. The molecule has 0 aliphatic carbocycles. The number of aryl methyl sites for hydroxylation is 2. The number of carbonyl (C=O) groups excluding carboxylic acids is 1. The number of hydrogen-bond donors (Lipinski definition) is 2. The highest BCUT2D eigenvalue weighted by molar-refractivity contribution is 7.89. The van der Waals surface area contributed by atoms with Crippen molar-refractivity contribution < 1.29 is 13.2 Å². The summed E-state index contributed by atoms with van der Waals surface area (Å²) in [5.74, 6) is 0.0402. The molecule has 3 heterocycles. The molecule has 0 bridgehead atoms. The average Bonchev–Trinajstić information content (AvgIpc) is 3.16. The summed E-state index contributed by atoms with van der Waals surface area (Å²) in [6, 6.07) is 9.92. The first kappa shape index (κ1) is 19.3. The fourth-order valence-corrected chi connectivity index (χ4v) is 4.19. The molecule has 0 unspecified atom stereocenters. The van der Waals surface area contributed by atoms with Gasteiger partial charge in [-0.25, -0.2) is 13.1 Å². The van der Waals surface area contributed by atoms with Gasteiger partial charge in [-0.05, 0) is 50.1 Å². The fourth-order valence-electron chi connectivity index (χ4n) is 3.43. The van der Waals surface area contributed by atoms with Gasteiger partial charge in [-0.15, -0.1) is 0 Å². The number of nitrogens with one attached hydrogen (secondary N) is 2. The summed E-state index contributed by atoms with van der Waals surface area (Å²) in [7, 11) is -2.36. The van der Waals surface area contributed by atoms with Crippen LogP contribution in [0, 0.1) is 0 Å². The number of nitrogens with zero attached hydrogens (tertiary/aromatic N) is 3. The molecular weight excluding hydrogens is 390 g/mol. The Hall–Kier alpha value is -3.04. The van der Waals surface area contributed by atoms with Crippen LogP contribution in [-0.4, -0.2) is 36.1 Å². The van der Waals surface area contributed by atoms with E-state index in [9.17, 15) is 13.2 Å². The normalized spacial score (nSPS) is 13.7. The molecule has 0 spiro atoms. The molecule has 150 valence electrons. The Morgan fingerprint density at radius 1 is 1.17 bits per heavy atom. The number of pyridine rings is 1. The van der Waals surface area contributed by atoms with Crippen LogP contribution in [0.5, 0.6) is 0 Å². The smallest absolute Gasteiger partial charge is 0.257 e. The molecule has 1 aliphatic rings. The van der Waals surface area contributed by atoms with Crippen molar-refractivity contribution in [3.63, 3.8) is 0 Å². The van der Waals surface area contributed by atoms with E-state index in [0.29, 0.717) is 11.4 Å². The van der Waals surface area contributed by atoms with Crippen LogP contribution in [0.3, 0.4) is 0 Å². The summed E-state index contributed by atoms with van der Waals surface area (Å²) in [5, 5.41) is 7.26. The van der Waals surface area contributed by atoms with Crippen LogP contribution in [-0.2, 0) is 23.0 Å². The third-order valence-electron chi connectivity index (χ3n) is 4.94. The van der Waals surface area contributed by atoms with Crippen molar-refractivity contribution in [2.45, 2.75) is 30.7 Å². The number of fused-ring (bicyclic) bond motifs is 1. The molecule has 29 heavy (non-hydrogen) atoms. The van der Waals surface area contributed by atoms with E-state index in [0.717, 1.165) is 37.1 Å². The van der Waals surface area contributed by atoms with Crippen molar-refractivity contribution in [2.24, 2.45) is 0 Å². The SMILES string of the molecule is CNS(=O)(=O)c1ccc(-c2cccnc2)c(C(=O)Nc2cc3n(n2)CCCC3)c1. The summed E-state index contributed by atoms with van der Waals surface area (Å²) in [5.41, 5.74) is 2.63. The summed E-state index contributed by atoms with van der Waals surface area (Å²) >= 11 is 0. The quantitative estimate of drug-likeness (QED) is 0.671. The van der Waals surface area contributed by atoms with Gasteiger partial charge >= 0.3 is 0 Å². The number of anilines is 1. The van der Waals surface area contributed by atoms with E-state index in [1.165, 1.54) is 19.2 Å². The standard InChI is InChI=1S/C20H21N5O3S/c1-21-29(27,28)16-7-8-17(14-5-4-9-22-13-14)18(12-16)20(26)23-19-11-15-6-2-3-10-25(15)24-19/h4-5,7-9,11-13,21H,2-3,6,10H2,1H3,(H,23,24,26). The third kappa shape index (κ3) is 3.92. The minimum Gasteiger partial charge on any atom is -0.305 e. The summed E-state index contributed by atoms with van der Waals surface area (Å²) in [6.07, 6.45) is 6.37. The van der Waals surface area contributed by atoms with E-state index in [1.807, 2.05) is 16.8 Å². The van der Waals surface area contributed by atoms with E-state index in [2.05, 4.69) is 20.1 Å². The first-order valence-electron chi connectivity index (χ1n) is 9.34. The number of rotatable bonds is 5. The third-order valence-corrected chi connectivity index (χ3v) is 6.36. The highest BCUT2D eigenvalue weighted by Gasteiger charge is 2.21. The number of carbonyl (C=O) groups is 1. The van der Waals surface area contributed by atoms with E-state index in [1.54, 1.807) is 24.5 Å². The second-order valence-electron chi connectivity index (χ2n) is 6.81. The van der Waals surface area contributed by atoms with Crippen molar-refractivity contribution in [2.75, 3.05) is 12.4 Å². The number of benzene rings is 1. The summed E-state index contributed by atoms with van der Waals surface area (Å²) in [4.78, 5) is 17.2. The highest BCUT2D eigenvalue weighted by Crippen LogP contribution is 2.27. The maximum atomic E-state index is 13.1. The lowest BCUT2D eigenvalue weighted by molar-refractivity contribution is 0.102. The number of hydrogen-bond acceptors (Lipinski definition) is 5. The van der Waals surface area contributed by atoms with Gasteiger partial charge < -0.3 is 5.32 Å². The minimum atomic E-state index is -3.69. The summed E-state index contributed by atoms with van der Waals surface area (Å²) in [6.45, 7) is 0.835. The van der Waals surface area contributed by atoms with Crippen LogP contribution in [0.4, 0.5) is 5.82 Å². The lowest BCUT2D eigenvalue weighted by Crippen LogP contribution is -2.20. The van der Waals surface area contributed by atoms with Crippen LogP contribution in [0.2, 0.25) is 0 Å². The van der Waals surface area contributed by atoms with Crippen molar-refractivity contribution in [3.05, 3.63) is 60.0 Å². The van der Waals surface area contributed by atoms with Gasteiger partial charge in [0.1, 0.15) is 0 Å². The van der Waals surface area contributed by atoms with Crippen LogP contribution in [0.15, 0.2) is 53.7 Å². The molecule has 1 aliphatic heterocycles. The van der Waals surface area contributed by atoms with Gasteiger partial charge in [0.05, 0.1) is 4.90 Å². The van der Waals surface area contributed by atoms with Gasteiger partial charge in [0.15, 0.2) is 5.82 Å². The van der Waals surface area contributed by atoms with Crippen LogP contribution >= 0.6 is 0 Å². The van der Waals surface area contributed by atoms with Gasteiger partial charge in [0.25, 0.3) is 5.91 Å². The van der Waals surface area contributed by atoms with Crippen molar-refractivity contribution in [1.82, 2.24) is 19.5 Å². The van der Waals surface area contributed by atoms with E-state index in [-0.39, 0.29) is 10.5 Å². The monoisotopic (exact) mass is 411 g/mol. The Kier molecular flexibility index (Phi) is 5.16. The second kappa shape index (κ2) is 7.76.